The molecule has 0 spiro atoms. The molecule has 180 valence electrons. The predicted molar refractivity (Wildman–Crippen MR) is 119 cm³/mol. The second-order valence-corrected chi connectivity index (χ2v) is 8.20. The lowest BCUT2D eigenvalue weighted by Crippen LogP contribution is -2.43. The van der Waals surface area contributed by atoms with E-state index in [4.69, 9.17) is 0 Å². The molecule has 8 nitrogen and oxygen atoms in total. The highest BCUT2D eigenvalue weighted by molar-refractivity contribution is 7.22. The van der Waals surface area contributed by atoms with Gasteiger partial charge in [-0.25, -0.2) is 14.2 Å². The van der Waals surface area contributed by atoms with Crippen LogP contribution in [0, 0.1) is 5.82 Å². The van der Waals surface area contributed by atoms with Crippen LogP contribution in [0.15, 0.2) is 42.5 Å². The number of halogens is 4. The Kier molecular flexibility index (Phi) is 7.35. The Morgan fingerprint density at radius 3 is 2.38 bits per heavy atom. The van der Waals surface area contributed by atoms with Gasteiger partial charge in [-0.05, 0) is 42.0 Å². The molecule has 3 aromatic rings. The second-order valence-electron chi connectivity index (χ2n) is 7.17. The number of aromatic nitrogens is 1. The first kappa shape index (κ1) is 24.9. The van der Waals surface area contributed by atoms with Crippen molar-refractivity contribution < 1.29 is 31.9 Å². The van der Waals surface area contributed by atoms with E-state index in [2.05, 4.69) is 20.9 Å². The molecule has 0 radical (unpaired) electrons. The summed E-state index contributed by atoms with van der Waals surface area (Å²) < 4.78 is 54.7. The van der Waals surface area contributed by atoms with Crippen LogP contribution < -0.4 is 16.0 Å². The van der Waals surface area contributed by atoms with Crippen molar-refractivity contribution in [2.75, 3.05) is 31.3 Å². The fraction of sp³-hybridized carbons (Fsp3) is 0.238. The van der Waals surface area contributed by atoms with Gasteiger partial charge in [0.2, 0.25) is 11.8 Å². The number of fused-ring (bicyclic) bond motifs is 1. The Balaban J connectivity index is 1.81. The maximum absolute atomic E-state index is 13.8. The Labute approximate surface area is 195 Å². The minimum absolute atomic E-state index is 0.110. The van der Waals surface area contributed by atoms with Gasteiger partial charge in [0.05, 0.1) is 16.8 Å². The predicted octanol–water partition coefficient (Wildman–Crippen LogP) is 3.93. The zero-order chi connectivity index (χ0) is 25.0. The zero-order valence-corrected chi connectivity index (χ0v) is 18.7. The molecule has 0 saturated heterocycles. The maximum Gasteiger partial charge on any atom is 0.404 e. The van der Waals surface area contributed by atoms with Gasteiger partial charge in [0, 0.05) is 19.8 Å². The number of alkyl halides is 3. The van der Waals surface area contributed by atoms with E-state index in [0.717, 1.165) is 24.5 Å². The van der Waals surface area contributed by atoms with Gasteiger partial charge in [-0.3, -0.25) is 14.9 Å². The number of urea groups is 1. The summed E-state index contributed by atoms with van der Waals surface area (Å²) in [6.07, 6.45) is -4.90. The number of benzene rings is 2. The van der Waals surface area contributed by atoms with E-state index in [1.54, 1.807) is 0 Å². The molecule has 1 unspecified atom stereocenters. The molecule has 4 amide bonds. The molecule has 0 aliphatic carbocycles. The number of carbonyl (C=O) groups excluding carboxylic acids is 3. The van der Waals surface area contributed by atoms with Crippen LogP contribution in [0.2, 0.25) is 0 Å². The Bertz CT molecular complexity index is 1210. The van der Waals surface area contributed by atoms with Gasteiger partial charge >= 0.3 is 12.2 Å². The van der Waals surface area contributed by atoms with Crippen molar-refractivity contribution in [1.82, 2.24) is 15.2 Å². The first-order chi connectivity index (χ1) is 16.0. The van der Waals surface area contributed by atoms with Crippen LogP contribution in [-0.4, -0.2) is 54.5 Å². The quantitative estimate of drug-likeness (QED) is 0.449. The number of nitrogens with one attached hydrogen (secondary N) is 3. The van der Waals surface area contributed by atoms with Gasteiger partial charge in [0.25, 0.3) is 0 Å². The topological polar surface area (TPSA) is 103 Å². The fourth-order valence-electron chi connectivity index (χ4n) is 3.03. The largest absolute Gasteiger partial charge is 0.404 e. The summed E-state index contributed by atoms with van der Waals surface area (Å²) in [5, 5.41) is 7.30. The summed E-state index contributed by atoms with van der Waals surface area (Å²) in [7, 11) is 2.43. The van der Waals surface area contributed by atoms with E-state index < -0.39 is 42.3 Å². The molecule has 0 bridgehead atoms. The molecule has 1 atom stereocenters. The first-order valence-corrected chi connectivity index (χ1v) is 10.6. The number of rotatable bonds is 6. The first-order valence-electron chi connectivity index (χ1n) is 9.74. The van der Waals surface area contributed by atoms with E-state index in [-0.39, 0.29) is 10.7 Å². The van der Waals surface area contributed by atoms with Crippen LogP contribution in [0.1, 0.15) is 11.5 Å². The number of thiazole rings is 1. The van der Waals surface area contributed by atoms with E-state index in [1.165, 1.54) is 43.4 Å². The lowest BCUT2D eigenvalue weighted by Gasteiger charge is -2.25. The van der Waals surface area contributed by atoms with Crippen molar-refractivity contribution in [1.29, 1.82) is 0 Å². The molecule has 34 heavy (non-hydrogen) atoms. The summed E-state index contributed by atoms with van der Waals surface area (Å²) in [5.74, 6) is -4.84. The molecule has 0 aliphatic rings. The fourth-order valence-corrected chi connectivity index (χ4v) is 3.94. The molecular formula is C21H19F4N5O3S. The standard InChI is InChI=1S/C21H19F4N5O3S/c1-26-16(31)10-30(2)18(32)17(21(23,24)25)11-3-8-14-15(9-11)34-20(28-14)29-19(33)27-13-6-4-12(22)5-7-13/h3-9,17H,10H2,1-2H3,(H,26,31)(H2,27,28,29,33). The van der Waals surface area contributed by atoms with Gasteiger partial charge in [0.15, 0.2) is 11.0 Å². The molecule has 1 heterocycles. The monoisotopic (exact) mass is 497 g/mol. The third-order valence-corrected chi connectivity index (χ3v) is 5.61. The number of hydrogen-bond acceptors (Lipinski definition) is 5. The molecule has 0 aliphatic heterocycles. The number of likely N-dealkylation sites (N-methyl/N-ethyl adjacent to an activating group) is 2. The van der Waals surface area contributed by atoms with Crippen molar-refractivity contribution in [2.45, 2.75) is 12.1 Å². The Morgan fingerprint density at radius 2 is 1.76 bits per heavy atom. The molecule has 1 aromatic heterocycles. The summed E-state index contributed by atoms with van der Waals surface area (Å²) in [4.78, 5) is 41.0. The van der Waals surface area contributed by atoms with E-state index in [9.17, 15) is 31.9 Å². The van der Waals surface area contributed by atoms with Crippen LogP contribution in [0.25, 0.3) is 10.2 Å². The van der Waals surface area contributed by atoms with Gasteiger partial charge in [-0.15, -0.1) is 0 Å². The van der Waals surface area contributed by atoms with E-state index in [1.807, 2.05) is 0 Å². The highest BCUT2D eigenvalue weighted by Crippen LogP contribution is 2.38. The summed E-state index contributed by atoms with van der Waals surface area (Å²) in [5.41, 5.74) is 0.326. The molecular weight excluding hydrogens is 478 g/mol. The SMILES string of the molecule is CNC(=O)CN(C)C(=O)C(c1ccc2nc(NC(=O)Nc3ccc(F)cc3)sc2c1)C(F)(F)F. The summed E-state index contributed by atoms with van der Waals surface area (Å²) in [6.45, 7) is -0.526. The molecule has 3 rings (SSSR count). The minimum Gasteiger partial charge on any atom is -0.358 e. The third-order valence-electron chi connectivity index (χ3n) is 4.68. The number of amides is 4. The normalized spacial score (nSPS) is 12.2. The van der Waals surface area contributed by atoms with Crippen molar-refractivity contribution in [3.63, 3.8) is 0 Å². The maximum atomic E-state index is 13.8. The number of nitrogens with zero attached hydrogens (tertiary/aromatic N) is 2. The molecule has 0 fully saturated rings. The highest BCUT2D eigenvalue weighted by Gasteiger charge is 2.47. The summed E-state index contributed by atoms with van der Waals surface area (Å²) in [6, 6.07) is 8.00. The molecule has 13 heteroatoms. The van der Waals surface area contributed by atoms with Gasteiger partial charge in [-0.1, -0.05) is 17.4 Å². The Hall–Kier alpha value is -3.74. The van der Waals surface area contributed by atoms with Crippen LogP contribution in [0.4, 0.5) is 33.2 Å². The van der Waals surface area contributed by atoms with Crippen LogP contribution in [-0.2, 0) is 9.59 Å². The average molecular weight is 497 g/mol. The molecule has 3 N–H and O–H groups in total. The second kappa shape index (κ2) is 10.0. The summed E-state index contributed by atoms with van der Waals surface area (Å²) >= 11 is 0.916. The van der Waals surface area contributed by atoms with E-state index in [0.29, 0.717) is 20.8 Å². The Morgan fingerprint density at radius 1 is 1.09 bits per heavy atom. The molecule has 2 aromatic carbocycles. The number of carbonyl (C=O) groups is 3. The van der Waals surface area contributed by atoms with Crippen molar-refractivity contribution >= 4 is 50.2 Å². The highest BCUT2D eigenvalue weighted by atomic mass is 32.1. The van der Waals surface area contributed by atoms with Crippen molar-refractivity contribution in [2.24, 2.45) is 0 Å². The van der Waals surface area contributed by atoms with E-state index >= 15 is 0 Å². The lowest BCUT2D eigenvalue weighted by molar-refractivity contribution is -0.171. The zero-order valence-electron chi connectivity index (χ0n) is 17.9. The van der Waals surface area contributed by atoms with Crippen LogP contribution in [0.3, 0.4) is 0 Å². The van der Waals surface area contributed by atoms with Gasteiger partial charge < -0.3 is 15.5 Å². The third kappa shape index (κ3) is 5.98. The average Bonchev–Trinajstić information content (AvgIpc) is 3.15. The number of anilines is 2. The van der Waals surface area contributed by atoms with Crippen LogP contribution >= 0.6 is 11.3 Å². The van der Waals surface area contributed by atoms with Crippen LogP contribution in [0.5, 0.6) is 0 Å². The smallest absolute Gasteiger partial charge is 0.358 e. The minimum atomic E-state index is -4.90. The lowest BCUT2D eigenvalue weighted by atomic mass is 9.96. The van der Waals surface area contributed by atoms with Gasteiger partial charge in [-0.2, -0.15) is 13.2 Å². The number of hydrogen-bond donors (Lipinski definition) is 3. The molecule has 0 saturated carbocycles. The van der Waals surface area contributed by atoms with Crippen molar-refractivity contribution in [3.8, 4) is 0 Å². The van der Waals surface area contributed by atoms with Crippen molar-refractivity contribution in [3.05, 3.63) is 53.8 Å². The van der Waals surface area contributed by atoms with Gasteiger partial charge in [0.1, 0.15) is 5.82 Å².